The van der Waals surface area contributed by atoms with E-state index in [1.807, 2.05) is 19.1 Å². The second-order valence-electron chi connectivity index (χ2n) is 6.14. The Bertz CT molecular complexity index is 1020. The molecule has 8 nitrogen and oxygen atoms in total. The first-order valence-electron chi connectivity index (χ1n) is 8.81. The van der Waals surface area contributed by atoms with E-state index in [4.69, 9.17) is 14.2 Å². The predicted octanol–water partition coefficient (Wildman–Crippen LogP) is 3.81. The molecule has 0 bridgehead atoms. The van der Waals surface area contributed by atoms with Crippen LogP contribution in [0.5, 0.6) is 17.2 Å². The van der Waals surface area contributed by atoms with Crippen LogP contribution in [0.2, 0.25) is 0 Å². The van der Waals surface area contributed by atoms with Crippen molar-refractivity contribution in [3.8, 4) is 17.2 Å². The van der Waals surface area contributed by atoms with Crippen molar-refractivity contribution in [3.05, 3.63) is 60.0 Å². The number of hydrogen-bond donors (Lipinski definition) is 2. The molecule has 2 aromatic carbocycles. The number of carbonyl (C=O) groups is 1. The van der Waals surface area contributed by atoms with Gasteiger partial charge in [0.05, 0.1) is 32.7 Å². The Labute approximate surface area is 168 Å². The molecule has 29 heavy (non-hydrogen) atoms. The molecule has 0 spiro atoms. The monoisotopic (exact) mass is 394 g/mol. The van der Waals surface area contributed by atoms with E-state index < -0.39 is 0 Å². The Morgan fingerprint density at radius 2 is 1.66 bits per heavy atom. The maximum Gasteiger partial charge on any atom is 0.274 e. The zero-order valence-electron chi connectivity index (χ0n) is 16.6. The Morgan fingerprint density at radius 1 is 0.862 bits per heavy atom. The molecule has 0 fully saturated rings. The quantitative estimate of drug-likeness (QED) is 0.629. The highest BCUT2D eigenvalue weighted by molar-refractivity contribution is 6.04. The lowest BCUT2D eigenvalue weighted by molar-refractivity contribution is 0.102. The van der Waals surface area contributed by atoms with Crippen molar-refractivity contribution in [2.45, 2.75) is 6.92 Å². The van der Waals surface area contributed by atoms with Crippen LogP contribution >= 0.6 is 0 Å². The third-order valence-electron chi connectivity index (χ3n) is 4.17. The van der Waals surface area contributed by atoms with Gasteiger partial charge in [-0.1, -0.05) is 6.07 Å². The van der Waals surface area contributed by atoms with Crippen LogP contribution in [0.1, 0.15) is 16.1 Å². The van der Waals surface area contributed by atoms with Crippen LogP contribution in [0.4, 0.5) is 17.2 Å². The minimum Gasteiger partial charge on any atom is -0.497 e. The topological polar surface area (TPSA) is 94.6 Å². The zero-order chi connectivity index (χ0) is 20.8. The van der Waals surface area contributed by atoms with Gasteiger partial charge < -0.3 is 24.8 Å². The summed E-state index contributed by atoms with van der Waals surface area (Å²) >= 11 is 0. The normalized spacial score (nSPS) is 10.2. The molecule has 3 rings (SSSR count). The lowest BCUT2D eigenvalue weighted by Gasteiger charge is -2.13. The first-order chi connectivity index (χ1) is 14.0. The van der Waals surface area contributed by atoms with Gasteiger partial charge in [-0.2, -0.15) is 0 Å². The van der Waals surface area contributed by atoms with Gasteiger partial charge in [-0.25, -0.2) is 9.97 Å². The number of rotatable bonds is 7. The molecule has 0 radical (unpaired) electrons. The number of carbonyl (C=O) groups excluding carboxylic acids is 1. The Morgan fingerprint density at radius 3 is 2.38 bits per heavy atom. The minimum atomic E-state index is -0.374. The largest absolute Gasteiger partial charge is 0.497 e. The van der Waals surface area contributed by atoms with E-state index in [0.717, 1.165) is 5.56 Å². The molecule has 2 N–H and O–H groups in total. The van der Waals surface area contributed by atoms with Gasteiger partial charge in [0, 0.05) is 12.1 Å². The molecule has 3 aromatic rings. The van der Waals surface area contributed by atoms with Gasteiger partial charge in [-0.3, -0.25) is 4.79 Å². The smallest absolute Gasteiger partial charge is 0.274 e. The Balaban J connectivity index is 1.81. The summed E-state index contributed by atoms with van der Waals surface area (Å²) in [6.07, 6.45) is 1.32. The highest BCUT2D eigenvalue weighted by atomic mass is 16.5. The van der Waals surface area contributed by atoms with E-state index in [1.165, 1.54) is 6.33 Å². The summed E-state index contributed by atoms with van der Waals surface area (Å²) in [7, 11) is 4.70. The molecule has 0 saturated carbocycles. The molecular weight excluding hydrogens is 372 g/mol. The molecule has 150 valence electrons. The summed E-state index contributed by atoms with van der Waals surface area (Å²) < 4.78 is 15.9. The fourth-order valence-corrected chi connectivity index (χ4v) is 2.70. The van der Waals surface area contributed by atoms with Crippen LogP contribution < -0.4 is 24.8 Å². The van der Waals surface area contributed by atoms with Gasteiger partial charge in [0.2, 0.25) is 0 Å². The second-order valence-corrected chi connectivity index (χ2v) is 6.14. The van der Waals surface area contributed by atoms with E-state index in [0.29, 0.717) is 34.4 Å². The first-order valence-corrected chi connectivity index (χ1v) is 8.81. The third kappa shape index (κ3) is 4.73. The summed E-state index contributed by atoms with van der Waals surface area (Å²) in [4.78, 5) is 20.9. The van der Waals surface area contributed by atoms with Crippen molar-refractivity contribution >= 4 is 23.1 Å². The van der Waals surface area contributed by atoms with Gasteiger partial charge in [0.25, 0.3) is 5.91 Å². The van der Waals surface area contributed by atoms with Crippen LogP contribution in [-0.4, -0.2) is 37.2 Å². The highest BCUT2D eigenvalue weighted by Crippen LogP contribution is 2.31. The molecule has 8 heteroatoms. The number of benzene rings is 2. The number of ether oxygens (including phenoxy) is 3. The number of nitrogens with zero attached hydrogens (tertiary/aromatic N) is 2. The Hall–Kier alpha value is -3.81. The van der Waals surface area contributed by atoms with Crippen molar-refractivity contribution < 1.29 is 19.0 Å². The Kier molecular flexibility index (Phi) is 6.13. The lowest BCUT2D eigenvalue weighted by Crippen LogP contribution is -2.15. The summed E-state index contributed by atoms with van der Waals surface area (Å²) in [5.74, 6) is 1.89. The molecule has 1 heterocycles. The zero-order valence-corrected chi connectivity index (χ0v) is 16.6. The van der Waals surface area contributed by atoms with E-state index in [-0.39, 0.29) is 11.6 Å². The fraction of sp³-hybridized carbons (Fsp3) is 0.190. The van der Waals surface area contributed by atoms with Crippen molar-refractivity contribution in [1.29, 1.82) is 0 Å². The molecule has 0 aliphatic rings. The van der Waals surface area contributed by atoms with Crippen molar-refractivity contribution in [2.75, 3.05) is 32.0 Å². The van der Waals surface area contributed by atoms with Gasteiger partial charge in [-0.05, 0) is 36.8 Å². The molecule has 1 aromatic heterocycles. The fourth-order valence-electron chi connectivity index (χ4n) is 2.70. The maximum absolute atomic E-state index is 12.7. The number of amides is 1. The van der Waals surface area contributed by atoms with Crippen LogP contribution in [0.15, 0.2) is 48.8 Å². The van der Waals surface area contributed by atoms with Gasteiger partial charge >= 0.3 is 0 Å². The van der Waals surface area contributed by atoms with E-state index in [9.17, 15) is 4.79 Å². The molecule has 1 amide bonds. The van der Waals surface area contributed by atoms with Crippen molar-refractivity contribution in [2.24, 2.45) is 0 Å². The lowest BCUT2D eigenvalue weighted by atomic mass is 10.2. The first kappa shape index (κ1) is 19.9. The maximum atomic E-state index is 12.7. The minimum absolute atomic E-state index is 0.207. The van der Waals surface area contributed by atoms with E-state index in [1.54, 1.807) is 51.7 Å². The van der Waals surface area contributed by atoms with Crippen molar-refractivity contribution in [1.82, 2.24) is 9.97 Å². The summed E-state index contributed by atoms with van der Waals surface area (Å²) in [5, 5.41) is 5.95. The molecule has 0 saturated heterocycles. The molecular formula is C21H22N4O4. The van der Waals surface area contributed by atoms with Gasteiger partial charge in [0.15, 0.2) is 0 Å². The highest BCUT2D eigenvalue weighted by Gasteiger charge is 2.13. The molecule has 0 atom stereocenters. The molecule has 0 aliphatic heterocycles. The van der Waals surface area contributed by atoms with Crippen molar-refractivity contribution in [3.63, 3.8) is 0 Å². The number of aromatic nitrogens is 2. The van der Waals surface area contributed by atoms with Crippen LogP contribution in [0.25, 0.3) is 0 Å². The summed E-state index contributed by atoms with van der Waals surface area (Å²) in [5.41, 5.74) is 2.46. The van der Waals surface area contributed by atoms with E-state index >= 15 is 0 Å². The standard InChI is InChI=1S/C21H22N4O4/c1-13-5-8-18(28-3)16(9-13)25-21(26)17-11-20(23-12-22-17)24-15-7-6-14(27-2)10-19(15)29-4/h5-12H,1-4H3,(H,25,26)(H,22,23,24). The van der Waals surface area contributed by atoms with Gasteiger partial charge in [0.1, 0.15) is 35.1 Å². The van der Waals surface area contributed by atoms with Crippen LogP contribution in [-0.2, 0) is 0 Å². The summed E-state index contributed by atoms with van der Waals surface area (Å²) in [6.45, 7) is 1.93. The number of nitrogens with one attached hydrogen (secondary N) is 2. The predicted molar refractivity (Wildman–Crippen MR) is 111 cm³/mol. The number of aryl methyl sites for hydroxylation is 1. The average Bonchev–Trinajstić information content (AvgIpc) is 2.74. The second kappa shape index (κ2) is 8.92. The molecule has 0 aliphatic carbocycles. The SMILES string of the molecule is COc1ccc(Nc2cc(C(=O)Nc3cc(C)ccc3OC)ncn2)c(OC)c1. The third-order valence-corrected chi connectivity index (χ3v) is 4.17. The van der Waals surface area contributed by atoms with E-state index in [2.05, 4.69) is 20.6 Å². The van der Waals surface area contributed by atoms with Crippen LogP contribution in [0.3, 0.4) is 0 Å². The van der Waals surface area contributed by atoms with Crippen LogP contribution in [0, 0.1) is 6.92 Å². The molecule has 0 unspecified atom stereocenters. The van der Waals surface area contributed by atoms with Gasteiger partial charge in [-0.15, -0.1) is 0 Å². The number of hydrogen-bond acceptors (Lipinski definition) is 7. The number of anilines is 3. The summed E-state index contributed by atoms with van der Waals surface area (Å²) in [6, 6.07) is 12.4. The average molecular weight is 394 g/mol. The number of methoxy groups -OCH3 is 3.